The molecule has 0 bridgehead atoms. The van der Waals surface area contributed by atoms with E-state index in [4.69, 9.17) is 23.2 Å². The molecule has 2 rings (SSSR count). The third kappa shape index (κ3) is 4.64. The molecular formula is C13H15Cl2N3S. The van der Waals surface area contributed by atoms with Crippen LogP contribution >= 0.6 is 34.5 Å². The zero-order valence-electron chi connectivity index (χ0n) is 10.8. The molecule has 2 aromatic rings. The average molecular weight is 316 g/mol. The first-order valence-corrected chi connectivity index (χ1v) is 7.61. The molecule has 1 heterocycles. The summed E-state index contributed by atoms with van der Waals surface area (Å²) in [7, 11) is 0. The predicted octanol–water partition coefficient (Wildman–Crippen LogP) is 4.66. The molecule has 0 aliphatic rings. The molecule has 0 saturated carbocycles. The zero-order chi connectivity index (χ0) is 13.8. The van der Waals surface area contributed by atoms with Crippen molar-refractivity contribution >= 4 is 39.7 Å². The van der Waals surface area contributed by atoms with Crippen LogP contribution in [0.3, 0.4) is 0 Å². The van der Waals surface area contributed by atoms with Crippen molar-refractivity contribution in [3.8, 4) is 0 Å². The molecule has 0 unspecified atom stereocenters. The Morgan fingerprint density at radius 2 is 1.84 bits per heavy atom. The normalized spacial score (nSPS) is 11.0. The predicted molar refractivity (Wildman–Crippen MR) is 82.2 cm³/mol. The SMILES string of the molecule is CC(C)Cc1nnc(NCc2cc(Cl)cc(Cl)c2)s1. The Hall–Kier alpha value is -0.840. The lowest BCUT2D eigenvalue weighted by molar-refractivity contribution is 0.640. The van der Waals surface area contributed by atoms with Crippen LogP contribution in [0.15, 0.2) is 18.2 Å². The van der Waals surface area contributed by atoms with Gasteiger partial charge in [0.05, 0.1) is 0 Å². The second-order valence-electron chi connectivity index (χ2n) is 4.73. The zero-order valence-corrected chi connectivity index (χ0v) is 13.1. The standard InChI is InChI=1S/C13H15Cl2N3S/c1-8(2)3-12-17-18-13(19-12)16-7-9-4-10(14)6-11(15)5-9/h4-6,8H,3,7H2,1-2H3,(H,16,18). The monoisotopic (exact) mass is 315 g/mol. The van der Waals surface area contributed by atoms with E-state index in [2.05, 4.69) is 29.4 Å². The summed E-state index contributed by atoms with van der Waals surface area (Å²) in [5.74, 6) is 0.590. The Labute approximate surface area is 127 Å². The molecule has 1 aromatic heterocycles. The maximum absolute atomic E-state index is 5.96. The van der Waals surface area contributed by atoms with E-state index in [1.807, 2.05) is 12.1 Å². The van der Waals surface area contributed by atoms with Crippen molar-refractivity contribution in [2.75, 3.05) is 5.32 Å². The summed E-state index contributed by atoms with van der Waals surface area (Å²) in [6.45, 7) is 4.97. The van der Waals surface area contributed by atoms with E-state index in [0.29, 0.717) is 22.5 Å². The van der Waals surface area contributed by atoms with Crippen LogP contribution in [0.5, 0.6) is 0 Å². The van der Waals surface area contributed by atoms with Gasteiger partial charge in [0.15, 0.2) is 0 Å². The largest absolute Gasteiger partial charge is 0.356 e. The molecule has 0 atom stereocenters. The third-order valence-corrected chi connectivity index (χ3v) is 3.76. The van der Waals surface area contributed by atoms with E-state index >= 15 is 0 Å². The maximum Gasteiger partial charge on any atom is 0.205 e. The van der Waals surface area contributed by atoms with E-state index < -0.39 is 0 Å². The number of hydrogen-bond donors (Lipinski definition) is 1. The highest BCUT2D eigenvalue weighted by atomic mass is 35.5. The van der Waals surface area contributed by atoms with Gasteiger partial charge in [-0.2, -0.15) is 0 Å². The third-order valence-electron chi connectivity index (χ3n) is 2.42. The highest BCUT2D eigenvalue weighted by Crippen LogP contribution is 2.22. The van der Waals surface area contributed by atoms with Crippen LogP contribution in [-0.2, 0) is 13.0 Å². The second-order valence-corrected chi connectivity index (χ2v) is 6.67. The number of rotatable bonds is 5. The summed E-state index contributed by atoms with van der Waals surface area (Å²) in [6, 6.07) is 5.49. The molecule has 0 radical (unpaired) electrons. The molecule has 19 heavy (non-hydrogen) atoms. The molecule has 1 aromatic carbocycles. The smallest absolute Gasteiger partial charge is 0.205 e. The van der Waals surface area contributed by atoms with Gasteiger partial charge in [-0.1, -0.05) is 48.4 Å². The van der Waals surface area contributed by atoms with Crippen LogP contribution < -0.4 is 5.32 Å². The van der Waals surface area contributed by atoms with Crippen LogP contribution in [0, 0.1) is 5.92 Å². The van der Waals surface area contributed by atoms with Gasteiger partial charge in [-0.15, -0.1) is 10.2 Å². The van der Waals surface area contributed by atoms with Gasteiger partial charge in [0.2, 0.25) is 5.13 Å². The van der Waals surface area contributed by atoms with E-state index in [0.717, 1.165) is 22.1 Å². The minimum absolute atomic E-state index is 0.590. The molecule has 102 valence electrons. The Morgan fingerprint density at radius 3 is 2.47 bits per heavy atom. The molecule has 0 amide bonds. The van der Waals surface area contributed by atoms with E-state index in [9.17, 15) is 0 Å². The average Bonchev–Trinajstić information content (AvgIpc) is 2.72. The molecule has 0 saturated heterocycles. The van der Waals surface area contributed by atoms with Crippen LogP contribution in [-0.4, -0.2) is 10.2 Å². The molecule has 1 N–H and O–H groups in total. The number of nitrogens with one attached hydrogen (secondary N) is 1. The van der Waals surface area contributed by atoms with Crippen molar-refractivity contribution in [2.45, 2.75) is 26.8 Å². The fraction of sp³-hybridized carbons (Fsp3) is 0.385. The summed E-state index contributed by atoms with van der Waals surface area (Å²) >= 11 is 13.5. The number of nitrogens with zero attached hydrogens (tertiary/aromatic N) is 2. The van der Waals surface area contributed by atoms with Gasteiger partial charge in [0.1, 0.15) is 5.01 Å². The van der Waals surface area contributed by atoms with E-state index in [1.54, 1.807) is 17.4 Å². The van der Waals surface area contributed by atoms with Gasteiger partial charge in [0, 0.05) is 23.0 Å². The summed E-state index contributed by atoms with van der Waals surface area (Å²) < 4.78 is 0. The van der Waals surface area contributed by atoms with Crippen LogP contribution in [0.2, 0.25) is 10.0 Å². The first-order valence-electron chi connectivity index (χ1n) is 6.04. The van der Waals surface area contributed by atoms with Crippen molar-refractivity contribution in [3.05, 3.63) is 38.8 Å². The summed E-state index contributed by atoms with van der Waals surface area (Å²) in [5.41, 5.74) is 1.03. The van der Waals surface area contributed by atoms with Crippen LogP contribution in [0.25, 0.3) is 0 Å². The first-order chi connectivity index (χ1) is 9.02. The van der Waals surface area contributed by atoms with E-state index in [1.165, 1.54) is 0 Å². The summed E-state index contributed by atoms with van der Waals surface area (Å²) in [5, 5.41) is 14.7. The second kappa shape index (κ2) is 6.55. The minimum atomic E-state index is 0.590. The lowest BCUT2D eigenvalue weighted by Gasteiger charge is -2.03. The fourth-order valence-electron chi connectivity index (χ4n) is 1.65. The lowest BCUT2D eigenvalue weighted by atomic mass is 10.1. The number of halogens is 2. The Morgan fingerprint density at radius 1 is 1.16 bits per heavy atom. The Balaban J connectivity index is 1.96. The van der Waals surface area contributed by atoms with Gasteiger partial charge in [-0.3, -0.25) is 0 Å². The lowest BCUT2D eigenvalue weighted by Crippen LogP contribution is -1.98. The summed E-state index contributed by atoms with van der Waals surface area (Å²) in [4.78, 5) is 0. The van der Waals surface area contributed by atoms with Gasteiger partial charge < -0.3 is 5.32 Å². The van der Waals surface area contributed by atoms with Crippen molar-refractivity contribution in [1.82, 2.24) is 10.2 Å². The van der Waals surface area contributed by atoms with Crippen molar-refractivity contribution < 1.29 is 0 Å². The number of anilines is 1. The maximum atomic E-state index is 5.96. The van der Waals surface area contributed by atoms with Gasteiger partial charge in [-0.05, 0) is 29.7 Å². The minimum Gasteiger partial charge on any atom is -0.356 e. The first kappa shape index (κ1) is 14.6. The van der Waals surface area contributed by atoms with Crippen molar-refractivity contribution in [2.24, 2.45) is 5.92 Å². The quantitative estimate of drug-likeness (QED) is 0.872. The molecule has 0 fully saturated rings. The van der Waals surface area contributed by atoms with Crippen molar-refractivity contribution in [1.29, 1.82) is 0 Å². The molecule has 0 spiro atoms. The Kier molecular flexibility index (Phi) is 5.02. The molecule has 0 aliphatic carbocycles. The topological polar surface area (TPSA) is 37.8 Å². The number of benzene rings is 1. The number of hydrogen-bond acceptors (Lipinski definition) is 4. The highest BCUT2D eigenvalue weighted by molar-refractivity contribution is 7.15. The van der Waals surface area contributed by atoms with Gasteiger partial charge in [0.25, 0.3) is 0 Å². The molecule has 3 nitrogen and oxygen atoms in total. The van der Waals surface area contributed by atoms with Gasteiger partial charge >= 0.3 is 0 Å². The van der Waals surface area contributed by atoms with Crippen molar-refractivity contribution in [3.63, 3.8) is 0 Å². The molecule has 6 heteroatoms. The van der Waals surface area contributed by atoms with Crippen LogP contribution in [0.4, 0.5) is 5.13 Å². The Bertz CT molecular complexity index is 534. The fourth-order valence-corrected chi connectivity index (χ4v) is 3.17. The molecule has 0 aliphatic heterocycles. The van der Waals surface area contributed by atoms with Crippen LogP contribution in [0.1, 0.15) is 24.4 Å². The van der Waals surface area contributed by atoms with Gasteiger partial charge in [-0.25, -0.2) is 0 Å². The highest BCUT2D eigenvalue weighted by Gasteiger charge is 2.06. The number of aromatic nitrogens is 2. The summed E-state index contributed by atoms with van der Waals surface area (Å²) in [6.07, 6.45) is 0.961. The molecular weight excluding hydrogens is 301 g/mol. The van der Waals surface area contributed by atoms with E-state index in [-0.39, 0.29) is 0 Å².